The van der Waals surface area contributed by atoms with Crippen molar-refractivity contribution < 1.29 is 32.5 Å². The van der Waals surface area contributed by atoms with Crippen LogP contribution in [-0.2, 0) is 11.2 Å². The molecule has 0 aromatic heterocycles. The normalized spacial score (nSPS) is 11.5. The number of ether oxygens (including phenoxy) is 2. The second-order valence-electron chi connectivity index (χ2n) is 7.29. The number of hydrogen-bond donors (Lipinski definition) is 1. The largest absolute Gasteiger partial charge is 0.573 e. The molecular formula is C26H23F3O4. The summed E-state index contributed by atoms with van der Waals surface area (Å²) < 4.78 is 46.9. The van der Waals surface area contributed by atoms with Gasteiger partial charge in [0.2, 0.25) is 0 Å². The SMILES string of the molecule is O=C(O)/C=C/c1cc(-c2ccc(OC(F)(F)F)cc2)ccc1OCCCCc1ccccc1. The van der Waals surface area contributed by atoms with Gasteiger partial charge in [-0.15, -0.1) is 13.2 Å². The molecule has 3 aromatic carbocycles. The van der Waals surface area contributed by atoms with Crippen LogP contribution in [-0.4, -0.2) is 24.0 Å². The van der Waals surface area contributed by atoms with E-state index in [0.29, 0.717) is 29.0 Å². The molecule has 3 rings (SSSR count). The zero-order valence-corrected chi connectivity index (χ0v) is 17.7. The number of benzene rings is 3. The number of hydrogen-bond acceptors (Lipinski definition) is 3. The molecule has 0 saturated carbocycles. The van der Waals surface area contributed by atoms with Gasteiger partial charge in [0.05, 0.1) is 6.61 Å². The van der Waals surface area contributed by atoms with Crippen molar-refractivity contribution in [3.05, 3.63) is 90.0 Å². The lowest BCUT2D eigenvalue weighted by Gasteiger charge is -2.12. The third-order valence-electron chi connectivity index (χ3n) is 4.80. The molecule has 0 atom stereocenters. The molecule has 0 aliphatic rings. The maximum absolute atomic E-state index is 12.4. The Kier molecular flexibility index (Phi) is 8.13. The molecule has 0 unspecified atom stereocenters. The predicted molar refractivity (Wildman–Crippen MR) is 120 cm³/mol. The fraction of sp³-hybridized carbons (Fsp3) is 0.192. The van der Waals surface area contributed by atoms with Gasteiger partial charge in [-0.2, -0.15) is 0 Å². The Morgan fingerprint density at radius 3 is 2.27 bits per heavy atom. The first-order valence-electron chi connectivity index (χ1n) is 10.4. The number of carboxylic acid groups (broad SMARTS) is 1. The molecule has 0 fully saturated rings. The number of rotatable bonds is 10. The summed E-state index contributed by atoms with van der Waals surface area (Å²) in [5, 5.41) is 9.00. The van der Waals surface area contributed by atoms with Gasteiger partial charge >= 0.3 is 12.3 Å². The van der Waals surface area contributed by atoms with Crippen LogP contribution in [0.25, 0.3) is 17.2 Å². The third-order valence-corrected chi connectivity index (χ3v) is 4.80. The van der Waals surface area contributed by atoms with Gasteiger partial charge in [0, 0.05) is 11.6 Å². The monoisotopic (exact) mass is 456 g/mol. The molecule has 33 heavy (non-hydrogen) atoms. The average Bonchev–Trinajstić information content (AvgIpc) is 2.78. The van der Waals surface area contributed by atoms with Crippen LogP contribution < -0.4 is 9.47 Å². The van der Waals surface area contributed by atoms with E-state index in [2.05, 4.69) is 16.9 Å². The van der Waals surface area contributed by atoms with Crippen LogP contribution in [0.5, 0.6) is 11.5 Å². The minimum Gasteiger partial charge on any atom is -0.493 e. The Labute approximate surface area is 189 Å². The topological polar surface area (TPSA) is 55.8 Å². The molecule has 172 valence electrons. The number of aryl methyl sites for hydroxylation is 1. The minimum absolute atomic E-state index is 0.312. The van der Waals surface area contributed by atoms with Gasteiger partial charge in [-0.05, 0) is 66.3 Å². The molecule has 0 saturated heterocycles. The van der Waals surface area contributed by atoms with Crippen LogP contribution in [0.15, 0.2) is 78.9 Å². The van der Waals surface area contributed by atoms with Gasteiger partial charge < -0.3 is 14.6 Å². The zero-order chi connectivity index (χ0) is 23.7. The number of unbranched alkanes of at least 4 members (excludes halogenated alkanes) is 1. The summed E-state index contributed by atoms with van der Waals surface area (Å²) >= 11 is 0. The molecule has 0 amide bonds. The molecule has 0 radical (unpaired) electrons. The van der Waals surface area contributed by atoms with Gasteiger partial charge in [-0.1, -0.05) is 48.5 Å². The van der Waals surface area contributed by atoms with E-state index in [1.807, 2.05) is 18.2 Å². The van der Waals surface area contributed by atoms with Crippen LogP contribution in [0.2, 0.25) is 0 Å². The van der Waals surface area contributed by atoms with E-state index in [4.69, 9.17) is 9.84 Å². The molecule has 4 nitrogen and oxygen atoms in total. The Balaban J connectivity index is 1.67. The quantitative estimate of drug-likeness (QED) is 0.271. The predicted octanol–water partition coefficient (Wildman–Crippen LogP) is 6.75. The van der Waals surface area contributed by atoms with Crippen molar-refractivity contribution in [2.24, 2.45) is 0 Å². The zero-order valence-electron chi connectivity index (χ0n) is 17.7. The standard InChI is InChI=1S/C26H23F3O4/c27-26(28,29)33-23-13-9-20(10-14-23)21-11-15-24(22(18-21)12-16-25(30)31)32-17-5-4-8-19-6-2-1-3-7-19/h1-3,6-7,9-16,18H,4-5,8,17H2,(H,30,31)/b16-12+. The van der Waals surface area contributed by atoms with Crippen LogP contribution in [0.4, 0.5) is 13.2 Å². The average molecular weight is 456 g/mol. The Morgan fingerprint density at radius 2 is 1.61 bits per heavy atom. The Hall–Kier alpha value is -3.74. The van der Waals surface area contributed by atoms with Gasteiger partial charge in [-0.3, -0.25) is 0 Å². The Morgan fingerprint density at radius 1 is 0.909 bits per heavy atom. The van der Waals surface area contributed by atoms with Crippen LogP contribution in [0.1, 0.15) is 24.0 Å². The maximum atomic E-state index is 12.4. The number of halogens is 3. The highest BCUT2D eigenvalue weighted by atomic mass is 19.4. The molecule has 0 aliphatic heterocycles. The van der Waals surface area contributed by atoms with E-state index >= 15 is 0 Å². The fourth-order valence-electron chi connectivity index (χ4n) is 3.26. The third kappa shape index (κ3) is 8.03. The summed E-state index contributed by atoms with van der Waals surface area (Å²) in [6.07, 6.45) is 0.432. The fourth-order valence-corrected chi connectivity index (χ4v) is 3.26. The number of carboxylic acids is 1. The van der Waals surface area contributed by atoms with Gasteiger partial charge in [0.1, 0.15) is 11.5 Å². The molecule has 1 N–H and O–H groups in total. The summed E-state index contributed by atoms with van der Waals surface area (Å²) in [4.78, 5) is 11.0. The second-order valence-corrected chi connectivity index (χ2v) is 7.29. The highest BCUT2D eigenvalue weighted by Gasteiger charge is 2.30. The van der Waals surface area contributed by atoms with Crippen molar-refractivity contribution in [3.8, 4) is 22.6 Å². The lowest BCUT2D eigenvalue weighted by atomic mass is 10.0. The molecule has 0 aliphatic carbocycles. The summed E-state index contributed by atoms with van der Waals surface area (Å²) in [5.74, 6) is -0.872. The van der Waals surface area contributed by atoms with Crippen molar-refractivity contribution in [3.63, 3.8) is 0 Å². The van der Waals surface area contributed by atoms with Gasteiger partial charge in [0.15, 0.2) is 0 Å². The summed E-state index contributed by atoms with van der Waals surface area (Å²) in [5.41, 5.74) is 3.19. The molecular weight excluding hydrogens is 433 g/mol. The van der Waals surface area contributed by atoms with E-state index in [1.165, 1.54) is 35.9 Å². The lowest BCUT2D eigenvalue weighted by Crippen LogP contribution is -2.16. The van der Waals surface area contributed by atoms with E-state index < -0.39 is 12.3 Å². The maximum Gasteiger partial charge on any atom is 0.573 e. The van der Waals surface area contributed by atoms with Gasteiger partial charge in [0.25, 0.3) is 0 Å². The summed E-state index contributed by atoms with van der Waals surface area (Å²) in [7, 11) is 0. The first kappa shape index (κ1) is 23.9. The number of alkyl halides is 3. The van der Waals surface area contributed by atoms with E-state index in [1.54, 1.807) is 18.2 Å². The van der Waals surface area contributed by atoms with Crippen molar-refractivity contribution in [1.82, 2.24) is 0 Å². The molecule has 0 spiro atoms. The van der Waals surface area contributed by atoms with Gasteiger partial charge in [-0.25, -0.2) is 4.79 Å². The van der Waals surface area contributed by atoms with Crippen molar-refractivity contribution in [1.29, 1.82) is 0 Å². The number of carbonyl (C=O) groups is 1. The van der Waals surface area contributed by atoms with Crippen molar-refractivity contribution in [2.45, 2.75) is 25.6 Å². The molecule has 7 heteroatoms. The molecule has 0 bridgehead atoms. The molecule has 3 aromatic rings. The smallest absolute Gasteiger partial charge is 0.493 e. The van der Waals surface area contributed by atoms with E-state index in [0.717, 1.165) is 25.3 Å². The molecule has 0 heterocycles. The lowest BCUT2D eigenvalue weighted by molar-refractivity contribution is -0.274. The highest BCUT2D eigenvalue weighted by Crippen LogP contribution is 2.30. The first-order chi connectivity index (χ1) is 15.8. The summed E-state index contributed by atoms with van der Waals surface area (Å²) in [6, 6.07) is 20.9. The van der Waals surface area contributed by atoms with E-state index in [9.17, 15) is 18.0 Å². The van der Waals surface area contributed by atoms with Crippen LogP contribution in [0, 0.1) is 0 Å². The number of aliphatic carboxylic acids is 1. The van der Waals surface area contributed by atoms with Crippen molar-refractivity contribution in [2.75, 3.05) is 6.61 Å². The Bertz CT molecular complexity index is 1070. The van der Waals surface area contributed by atoms with Crippen LogP contribution in [0.3, 0.4) is 0 Å². The van der Waals surface area contributed by atoms with E-state index in [-0.39, 0.29) is 5.75 Å². The highest BCUT2D eigenvalue weighted by molar-refractivity contribution is 5.86. The minimum atomic E-state index is -4.75. The first-order valence-corrected chi connectivity index (χ1v) is 10.4. The summed E-state index contributed by atoms with van der Waals surface area (Å²) in [6.45, 7) is 0.476. The second kappa shape index (κ2) is 11.2. The van der Waals surface area contributed by atoms with Crippen LogP contribution >= 0.6 is 0 Å². The van der Waals surface area contributed by atoms with Crippen molar-refractivity contribution >= 4 is 12.0 Å².